The maximum absolute atomic E-state index is 12.2. The third-order valence-electron chi connectivity index (χ3n) is 7.12. The summed E-state index contributed by atoms with van der Waals surface area (Å²) in [7, 11) is 0. The number of amides is 1. The van der Waals surface area contributed by atoms with Crippen LogP contribution in [-0.4, -0.2) is 46.1 Å². The second-order valence-corrected chi connectivity index (χ2v) is 11.1. The maximum atomic E-state index is 12.2. The zero-order valence-corrected chi connectivity index (χ0v) is 19.8. The molecule has 5 nitrogen and oxygen atoms in total. The molecule has 172 valence electrons. The van der Waals surface area contributed by atoms with E-state index in [9.17, 15) is 9.90 Å². The van der Waals surface area contributed by atoms with Gasteiger partial charge in [-0.1, -0.05) is 64.1 Å². The van der Waals surface area contributed by atoms with Gasteiger partial charge in [0.15, 0.2) is 0 Å². The van der Waals surface area contributed by atoms with E-state index in [4.69, 9.17) is 0 Å². The van der Waals surface area contributed by atoms with Gasteiger partial charge < -0.3 is 15.3 Å². The van der Waals surface area contributed by atoms with Gasteiger partial charge in [-0.05, 0) is 47.8 Å². The first-order valence-electron chi connectivity index (χ1n) is 11.9. The van der Waals surface area contributed by atoms with E-state index in [1.54, 1.807) is 0 Å². The summed E-state index contributed by atoms with van der Waals surface area (Å²) in [5, 5.41) is 14.1. The lowest BCUT2D eigenvalue weighted by atomic mass is 9.91. The van der Waals surface area contributed by atoms with Gasteiger partial charge in [0.25, 0.3) is 0 Å². The SMILES string of the molecule is CC(CN1C[C@@H]2CC(O)(Cc3ccccc3)C[C@@H]2C1)c1ccc(NC(=O)C(C)(C)C)nc1. The summed E-state index contributed by atoms with van der Waals surface area (Å²) < 4.78 is 0. The zero-order chi connectivity index (χ0) is 22.9. The molecule has 1 aromatic carbocycles. The number of aromatic nitrogens is 1. The first-order chi connectivity index (χ1) is 15.1. The van der Waals surface area contributed by atoms with E-state index in [2.05, 4.69) is 52.5 Å². The van der Waals surface area contributed by atoms with Crippen LogP contribution in [0.1, 0.15) is 57.6 Å². The Balaban J connectivity index is 1.28. The number of pyridine rings is 1. The molecule has 2 aliphatic rings. The van der Waals surface area contributed by atoms with Crippen LogP contribution in [0.15, 0.2) is 48.7 Å². The fourth-order valence-corrected chi connectivity index (χ4v) is 5.39. The number of nitrogens with one attached hydrogen (secondary N) is 1. The molecule has 2 heterocycles. The molecule has 4 atom stereocenters. The van der Waals surface area contributed by atoms with Crippen molar-refractivity contribution >= 4 is 11.7 Å². The van der Waals surface area contributed by atoms with E-state index in [-0.39, 0.29) is 5.91 Å². The molecule has 0 radical (unpaired) electrons. The fourth-order valence-electron chi connectivity index (χ4n) is 5.39. The lowest BCUT2D eigenvalue weighted by Gasteiger charge is -2.27. The van der Waals surface area contributed by atoms with Crippen molar-refractivity contribution in [1.82, 2.24) is 9.88 Å². The number of hydrogen-bond donors (Lipinski definition) is 2. The molecule has 2 unspecified atom stereocenters. The van der Waals surface area contributed by atoms with Crippen LogP contribution < -0.4 is 5.32 Å². The van der Waals surface area contributed by atoms with Crippen molar-refractivity contribution in [3.63, 3.8) is 0 Å². The Morgan fingerprint density at radius 3 is 2.38 bits per heavy atom. The van der Waals surface area contributed by atoms with Gasteiger partial charge in [0, 0.05) is 37.7 Å². The molecule has 1 aliphatic heterocycles. The van der Waals surface area contributed by atoms with Crippen LogP contribution in [0.5, 0.6) is 0 Å². The number of rotatable bonds is 6. The minimum atomic E-state index is -0.550. The summed E-state index contributed by atoms with van der Waals surface area (Å²) >= 11 is 0. The van der Waals surface area contributed by atoms with Gasteiger partial charge in [0.1, 0.15) is 5.82 Å². The van der Waals surface area contributed by atoms with E-state index >= 15 is 0 Å². The Hall–Kier alpha value is -2.24. The maximum Gasteiger partial charge on any atom is 0.230 e. The van der Waals surface area contributed by atoms with Gasteiger partial charge in [-0.3, -0.25) is 4.79 Å². The zero-order valence-electron chi connectivity index (χ0n) is 19.8. The second-order valence-electron chi connectivity index (χ2n) is 11.1. The average molecular weight is 436 g/mol. The number of carbonyl (C=O) groups excluding carboxylic acids is 1. The predicted octanol–water partition coefficient (Wildman–Crippen LogP) is 4.49. The largest absolute Gasteiger partial charge is 0.390 e. The Morgan fingerprint density at radius 1 is 1.16 bits per heavy atom. The number of anilines is 1. The van der Waals surface area contributed by atoms with Crippen LogP contribution in [0.25, 0.3) is 0 Å². The summed E-state index contributed by atoms with van der Waals surface area (Å²) in [6.45, 7) is 11.1. The van der Waals surface area contributed by atoms with Gasteiger partial charge in [-0.15, -0.1) is 0 Å². The van der Waals surface area contributed by atoms with Crippen LogP contribution in [0.4, 0.5) is 5.82 Å². The van der Waals surface area contributed by atoms with E-state index in [0.717, 1.165) is 38.9 Å². The molecule has 1 aliphatic carbocycles. The third kappa shape index (κ3) is 5.38. The molecule has 4 rings (SSSR count). The Bertz CT molecular complexity index is 906. The fraction of sp³-hybridized carbons (Fsp3) is 0.556. The first-order valence-corrected chi connectivity index (χ1v) is 11.9. The minimum absolute atomic E-state index is 0.0263. The van der Waals surface area contributed by atoms with Crippen molar-refractivity contribution in [2.45, 2.75) is 58.5 Å². The lowest BCUT2D eigenvalue weighted by molar-refractivity contribution is -0.123. The summed E-state index contributed by atoms with van der Waals surface area (Å²) in [5.74, 6) is 2.13. The van der Waals surface area contributed by atoms with Crippen molar-refractivity contribution in [3.8, 4) is 0 Å². The number of nitrogens with zero attached hydrogens (tertiary/aromatic N) is 2. The Kier molecular flexibility index (Phi) is 6.42. The number of benzene rings is 1. The molecular weight excluding hydrogens is 398 g/mol. The van der Waals surface area contributed by atoms with E-state index in [0.29, 0.717) is 23.6 Å². The molecule has 5 heteroatoms. The molecular formula is C27H37N3O2. The molecule has 1 saturated heterocycles. The number of fused-ring (bicyclic) bond motifs is 1. The van der Waals surface area contributed by atoms with Crippen LogP contribution in [0.3, 0.4) is 0 Å². The predicted molar refractivity (Wildman–Crippen MR) is 128 cm³/mol. The summed E-state index contributed by atoms with van der Waals surface area (Å²) in [4.78, 5) is 19.2. The molecule has 1 aromatic heterocycles. The van der Waals surface area contributed by atoms with E-state index < -0.39 is 11.0 Å². The van der Waals surface area contributed by atoms with Crippen LogP contribution in [0, 0.1) is 17.3 Å². The van der Waals surface area contributed by atoms with Crippen LogP contribution in [-0.2, 0) is 11.2 Å². The van der Waals surface area contributed by atoms with Crippen molar-refractivity contribution < 1.29 is 9.90 Å². The van der Waals surface area contributed by atoms with E-state index in [1.807, 2.05) is 39.1 Å². The molecule has 2 N–H and O–H groups in total. The quantitative estimate of drug-likeness (QED) is 0.702. The first kappa shape index (κ1) is 22.9. The second kappa shape index (κ2) is 8.95. The normalized spacial score (nSPS) is 26.7. The molecule has 1 saturated carbocycles. The summed E-state index contributed by atoms with van der Waals surface area (Å²) in [6.07, 6.45) is 4.46. The monoisotopic (exact) mass is 435 g/mol. The van der Waals surface area contributed by atoms with Crippen LogP contribution in [0.2, 0.25) is 0 Å². The molecule has 0 bridgehead atoms. The molecule has 2 fully saturated rings. The smallest absolute Gasteiger partial charge is 0.230 e. The number of aliphatic hydroxyl groups is 1. The highest BCUT2D eigenvalue weighted by Gasteiger charge is 2.48. The Morgan fingerprint density at radius 2 is 1.81 bits per heavy atom. The molecule has 1 amide bonds. The minimum Gasteiger partial charge on any atom is -0.390 e. The van der Waals surface area contributed by atoms with Crippen molar-refractivity contribution in [2.24, 2.45) is 17.3 Å². The van der Waals surface area contributed by atoms with Gasteiger partial charge in [-0.25, -0.2) is 4.98 Å². The van der Waals surface area contributed by atoms with Gasteiger partial charge in [0.2, 0.25) is 5.91 Å². The topological polar surface area (TPSA) is 65.5 Å². The summed E-state index contributed by atoms with van der Waals surface area (Å²) in [5.41, 5.74) is 1.44. The standard InChI is InChI=1S/C27H37N3O2/c1-19(21-10-11-24(28-15-21)29-25(31)26(2,3)4)16-30-17-22-13-27(32,14-23(22)18-30)12-20-8-6-5-7-9-20/h5-11,15,19,22-23,32H,12-14,16-18H2,1-4H3,(H,28,29,31)/t19?,22-,23+,27?. The molecule has 32 heavy (non-hydrogen) atoms. The van der Waals surface area contributed by atoms with Crippen molar-refractivity contribution in [1.29, 1.82) is 0 Å². The summed E-state index contributed by atoms with van der Waals surface area (Å²) in [6, 6.07) is 14.3. The Labute approximate surface area is 192 Å². The van der Waals surface area contributed by atoms with Gasteiger partial charge >= 0.3 is 0 Å². The number of carbonyl (C=O) groups is 1. The third-order valence-corrected chi connectivity index (χ3v) is 7.12. The van der Waals surface area contributed by atoms with Crippen molar-refractivity contribution in [2.75, 3.05) is 25.0 Å². The molecule has 0 spiro atoms. The molecule has 2 aromatic rings. The van der Waals surface area contributed by atoms with Gasteiger partial charge in [0.05, 0.1) is 5.60 Å². The highest BCUT2D eigenvalue weighted by atomic mass is 16.3. The van der Waals surface area contributed by atoms with Crippen molar-refractivity contribution in [3.05, 3.63) is 59.8 Å². The number of likely N-dealkylation sites (tertiary alicyclic amines) is 1. The number of hydrogen-bond acceptors (Lipinski definition) is 4. The van der Waals surface area contributed by atoms with Crippen LogP contribution >= 0.6 is 0 Å². The highest BCUT2D eigenvalue weighted by Crippen LogP contribution is 2.45. The van der Waals surface area contributed by atoms with Gasteiger partial charge in [-0.2, -0.15) is 0 Å². The highest BCUT2D eigenvalue weighted by molar-refractivity contribution is 5.93. The average Bonchev–Trinajstić information content (AvgIpc) is 3.22. The lowest BCUT2D eigenvalue weighted by Crippen LogP contribution is -2.33. The van der Waals surface area contributed by atoms with E-state index in [1.165, 1.54) is 11.1 Å².